The van der Waals surface area contributed by atoms with E-state index < -0.39 is 0 Å². The molecule has 8 heteroatoms. The molecule has 0 fully saturated rings. The highest BCUT2D eigenvalue weighted by Crippen LogP contribution is 1.95. The monoisotopic (exact) mass is 388 g/mol. The smallest absolute Gasteiger partial charge is 0.0107 e. The van der Waals surface area contributed by atoms with Gasteiger partial charge >= 0.3 is 0 Å². The van der Waals surface area contributed by atoms with Gasteiger partial charge in [0.2, 0.25) is 0 Å². The molecule has 0 aliphatic rings. The van der Waals surface area contributed by atoms with Crippen molar-refractivity contribution in [1.82, 2.24) is 20.4 Å². The van der Waals surface area contributed by atoms with Gasteiger partial charge in [-0.15, -0.1) is 0 Å². The van der Waals surface area contributed by atoms with Crippen LogP contribution in [0.15, 0.2) is 0 Å². The van der Waals surface area contributed by atoms with Gasteiger partial charge in [0.05, 0.1) is 0 Å². The van der Waals surface area contributed by atoms with Crippen molar-refractivity contribution in [2.45, 2.75) is 32.1 Å². The van der Waals surface area contributed by atoms with Gasteiger partial charge in [-0.25, -0.2) is 0 Å². The van der Waals surface area contributed by atoms with Gasteiger partial charge in [0.1, 0.15) is 0 Å². The summed E-state index contributed by atoms with van der Waals surface area (Å²) in [4.78, 5) is 4.98. The van der Waals surface area contributed by atoms with Crippen molar-refractivity contribution in [2.24, 2.45) is 22.9 Å². The lowest BCUT2D eigenvalue weighted by molar-refractivity contribution is 0.252. The van der Waals surface area contributed by atoms with Gasteiger partial charge < -0.3 is 43.4 Å². The first-order valence-corrected chi connectivity index (χ1v) is 10.9. The van der Waals surface area contributed by atoms with Gasteiger partial charge in [0, 0.05) is 26.2 Å². The normalized spacial score (nSPS) is 11.8. The lowest BCUT2D eigenvalue weighted by atomic mass is 10.3. The first kappa shape index (κ1) is 26.7. The number of hydrogen-bond donors (Lipinski definition) is 6. The first-order valence-electron chi connectivity index (χ1n) is 10.9. The van der Waals surface area contributed by atoms with Crippen LogP contribution in [0.3, 0.4) is 0 Å². The van der Waals surface area contributed by atoms with Crippen LogP contribution in [0, 0.1) is 0 Å². The molecule has 0 saturated carbocycles. The van der Waals surface area contributed by atoms with Crippen molar-refractivity contribution in [3.63, 3.8) is 0 Å². The number of nitrogens with zero attached hydrogens (tertiary/aromatic N) is 2. The third kappa shape index (κ3) is 18.8. The molecule has 0 heterocycles. The summed E-state index contributed by atoms with van der Waals surface area (Å²) in [6, 6.07) is 0. The number of hydrogen-bond acceptors (Lipinski definition) is 8. The van der Waals surface area contributed by atoms with Crippen LogP contribution >= 0.6 is 0 Å². The maximum absolute atomic E-state index is 5.69. The summed E-state index contributed by atoms with van der Waals surface area (Å²) in [5.74, 6) is 0. The maximum atomic E-state index is 5.69. The molecule has 164 valence electrons. The van der Waals surface area contributed by atoms with Crippen molar-refractivity contribution in [3.8, 4) is 0 Å². The molecule has 0 rings (SSSR count). The highest BCUT2D eigenvalue weighted by Gasteiger charge is 2.06. The maximum Gasteiger partial charge on any atom is 0.0107 e. The summed E-state index contributed by atoms with van der Waals surface area (Å²) < 4.78 is 0. The van der Waals surface area contributed by atoms with E-state index in [0.717, 1.165) is 117 Å². The predicted octanol–water partition coefficient (Wildman–Crippen LogP) is -1.45. The van der Waals surface area contributed by atoms with Gasteiger partial charge in [-0.1, -0.05) is 0 Å². The van der Waals surface area contributed by atoms with E-state index in [1.54, 1.807) is 0 Å². The van der Waals surface area contributed by atoms with E-state index in [2.05, 4.69) is 20.4 Å². The Morgan fingerprint density at radius 2 is 0.778 bits per heavy atom. The largest absolute Gasteiger partial charge is 0.330 e. The molecule has 8 nitrogen and oxygen atoms in total. The van der Waals surface area contributed by atoms with Crippen LogP contribution in [-0.4, -0.2) is 101 Å². The highest BCUT2D eigenvalue weighted by atomic mass is 15.2. The second-order valence-corrected chi connectivity index (χ2v) is 7.11. The van der Waals surface area contributed by atoms with Crippen LogP contribution in [-0.2, 0) is 0 Å². The van der Waals surface area contributed by atoms with Crippen LogP contribution in [0.1, 0.15) is 32.1 Å². The molecule has 0 aromatic rings. The fourth-order valence-corrected chi connectivity index (χ4v) is 2.99. The van der Waals surface area contributed by atoms with E-state index in [-0.39, 0.29) is 0 Å². The lowest BCUT2D eigenvalue weighted by Crippen LogP contribution is -2.39. The Balaban J connectivity index is 3.87. The van der Waals surface area contributed by atoms with Gasteiger partial charge in [-0.05, 0) is 97.6 Å². The fourth-order valence-electron chi connectivity index (χ4n) is 2.99. The Hall–Kier alpha value is -0.320. The second kappa shape index (κ2) is 22.0. The average Bonchev–Trinajstić information content (AvgIpc) is 2.69. The first-order chi connectivity index (χ1) is 13.3. The number of rotatable bonds is 22. The summed E-state index contributed by atoms with van der Waals surface area (Å²) in [5.41, 5.74) is 22.5. The van der Waals surface area contributed by atoms with Gasteiger partial charge in [-0.3, -0.25) is 0 Å². The summed E-state index contributed by atoms with van der Waals surface area (Å²) in [6.45, 7) is 13.6. The second-order valence-electron chi connectivity index (χ2n) is 7.11. The molecular weight excluding hydrogens is 340 g/mol. The van der Waals surface area contributed by atoms with Crippen LogP contribution in [0.5, 0.6) is 0 Å². The Kier molecular flexibility index (Phi) is 21.7. The van der Waals surface area contributed by atoms with Crippen LogP contribution < -0.4 is 33.6 Å². The number of nitrogens with one attached hydrogen (secondary N) is 2. The molecule has 0 amide bonds. The van der Waals surface area contributed by atoms with E-state index in [4.69, 9.17) is 22.9 Å². The third-order valence-corrected chi connectivity index (χ3v) is 4.63. The Morgan fingerprint density at radius 3 is 1.22 bits per heavy atom. The SMILES string of the molecule is NCCCNCCCN(CCCN)CCNCCN(CCCN)CCCN. The van der Waals surface area contributed by atoms with E-state index in [0.29, 0.717) is 0 Å². The van der Waals surface area contributed by atoms with Crippen LogP contribution in [0.4, 0.5) is 0 Å². The van der Waals surface area contributed by atoms with E-state index >= 15 is 0 Å². The molecule has 27 heavy (non-hydrogen) atoms. The Labute approximate surface area is 167 Å². The minimum Gasteiger partial charge on any atom is -0.330 e. The van der Waals surface area contributed by atoms with Crippen molar-refractivity contribution in [1.29, 1.82) is 0 Å². The van der Waals surface area contributed by atoms with Gasteiger partial charge in [0.25, 0.3) is 0 Å². The molecule has 0 aliphatic heterocycles. The minimum absolute atomic E-state index is 0.754. The molecular formula is C19H48N8. The summed E-state index contributed by atoms with van der Waals surface area (Å²) in [7, 11) is 0. The topological polar surface area (TPSA) is 135 Å². The molecule has 0 aromatic heterocycles. The molecule has 0 unspecified atom stereocenters. The lowest BCUT2D eigenvalue weighted by Gasteiger charge is -2.24. The van der Waals surface area contributed by atoms with E-state index in [1.165, 1.54) is 6.42 Å². The van der Waals surface area contributed by atoms with E-state index in [1.807, 2.05) is 0 Å². The number of nitrogens with two attached hydrogens (primary N) is 4. The Bertz CT molecular complexity index is 272. The molecule has 0 saturated heterocycles. The predicted molar refractivity (Wildman–Crippen MR) is 118 cm³/mol. The summed E-state index contributed by atoms with van der Waals surface area (Å²) >= 11 is 0. The molecule has 10 N–H and O–H groups in total. The van der Waals surface area contributed by atoms with Crippen LogP contribution in [0.25, 0.3) is 0 Å². The van der Waals surface area contributed by atoms with Gasteiger partial charge in [-0.2, -0.15) is 0 Å². The average molecular weight is 389 g/mol. The molecule has 0 radical (unpaired) electrons. The van der Waals surface area contributed by atoms with Crippen molar-refractivity contribution in [2.75, 3.05) is 91.6 Å². The van der Waals surface area contributed by atoms with Crippen molar-refractivity contribution in [3.05, 3.63) is 0 Å². The highest BCUT2D eigenvalue weighted by molar-refractivity contribution is 4.65. The molecule has 0 aliphatic carbocycles. The summed E-state index contributed by atoms with van der Waals surface area (Å²) in [6.07, 6.45) is 5.38. The van der Waals surface area contributed by atoms with Crippen LogP contribution in [0.2, 0.25) is 0 Å². The molecule has 0 bridgehead atoms. The van der Waals surface area contributed by atoms with Gasteiger partial charge in [0.15, 0.2) is 0 Å². The Morgan fingerprint density at radius 1 is 0.407 bits per heavy atom. The van der Waals surface area contributed by atoms with Crippen molar-refractivity contribution >= 4 is 0 Å². The zero-order chi connectivity index (χ0) is 20.0. The molecule has 0 aromatic carbocycles. The molecule has 0 atom stereocenters. The van der Waals surface area contributed by atoms with E-state index in [9.17, 15) is 0 Å². The third-order valence-electron chi connectivity index (χ3n) is 4.63. The van der Waals surface area contributed by atoms with Crippen molar-refractivity contribution < 1.29 is 0 Å². The zero-order valence-corrected chi connectivity index (χ0v) is 17.6. The standard InChI is InChI=1S/C19H48N8/c20-6-1-10-24-11-5-17-27(16-4-9-23)19-13-25-12-18-26(14-2-7-21)15-3-8-22/h24-25H,1-23H2. The fraction of sp³-hybridized carbons (Fsp3) is 1.00. The molecule has 0 spiro atoms. The zero-order valence-electron chi connectivity index (χ0n) is 17.6. The quantitative estimate of drug-likeness (QED) is 0.124. The minimum atomic E-state index is 0.754. The summed E-state index contributed by atoms with van der Waals surface area (Å²) in [5, 5.41) is 7.04.